The van der Waals surface area contributed by atoms with Crippen LogP contribution >= 0.6 is 0 Å². The van der Waals surface area contributed by atoms with Gasteiger partial charge in [-0.15, -0.1) is 0 Å². The molecule has 11 heteroatoms. The number of carboxylic acids is 1. The van der Waals surface area contributed by atoms with E-state index >= 15 is 0 Å². The van der Waals surface area contributed by atoms with Crippen LogP contribution in [0.25, 0.3) is 0 Å². The summed E-state index contributed by atoms with van der Waals surface area (Å²) in [7, 11) is 0. The number of amides is 1. The topological polar surface area (TPSA) is 168 Å². The summed E-state index contributed by atoms with van der Waals surface area (Å²) in [5.74, 6) is -1.01. The highest BCUT2D eigenvalue weighted by Gasteiger charge is 2.71. The number of allylic oxidation sites excluding steroid dienone is 1. The minimum Gasteiger partial charge on any atom is -0.481 e. The van der Waals surface area contributed by atoms with Crippen LogP contribution in [-0.4, -0.2) is 74.6 Å². The number of carbonyl (C=O) groups is 4. The molecule has 0 aromatic carbocycles. The molecular formula is C49H74N4O7. The summed E-state index contributed by atoms with van der Waals surface area (Å²) in [5.41, 5.74) is 1.02. The fraction of sp³-hybridized carbons (Fsp3) is 0.796. The largest absolute Gasteiger partial charge is 0.481 e. The van der Waals surface area contributed by atoms with Crippen LogP contribution in [0.1, 0.15) is 157 Å². The highest BCUT2D eigenvalue weighted by atomic mass is 16.5. The van der Waals surface area contributed by atoms with Crippen LogP contribution in [0.3, 0.4) is 0 Å². The zero-order valence-corrected chi connectivity index (χ0v) is 38.6. The lowest BCUT2D eigenvalue weighted by molar-refractivity contribution is -0.238. The van der Waals surface area contributed by atoms with E-state index < -0.39 is 40.3 Å². The predicted octanol–water partition coefficient (Wildman–Crippen LogP) is 7.88. The number of carboxylic acid groups (broad SMARTS) is 1. The standard InChI is InChI=1S/C49H74N4O7/c1-27(2)38-33(54)22-49(36(55)25-51-26-43(4,5)53-40(56)32-24-50-23-28(3)52-32)20-19-47(11)29(39(38)49)13-14-35-46(10)17-16-37(45(8,9)34(46)15-18-48(35,47)12)60-42(59)31-21-30(41(57)58)44(31,6)7/h23-24,27,29-31,34-37,51,55H,13-22,25-26H2,1-12H3,(H,53,56)(H,57,58)/t29-,30+,31-,34+,35-,36+,37+,46+,47-,48-,49+/m1/s1. The number of ketones is 1. The molecule has 5 saturated carbocycles. The van der Waals surface area contributed by atoms with Gasteiger partial charge in [-0.3, -0.25) is 24.2 Å². The zero-order chi connectivity index (χ0) is 44.2. The molecule has 1 aromatic heterocycles. The highest BCUT2D eigenvalue weighted by Crippen LogP contribution is 2.77. The maximum absolute atomic E-state index is 14.2. The number of aliphatic hydroxyl groups excluding tert-OH is 1. The summed E-state index contributed by atoms with van der Waals surface area (Å²) in [6, 6.07) is 0. The first-order chi connectivity index (χ1) is 27.8. The molecule has 0 bridgehead atoms. The van der Waals surface area contributed by atoms with Gasteiger partial charge in [-0.05, 0) is 129 Å². The van der Waals surface area contributed by atoms with Crippen molar-refractivity contribution >= 4 is 23.6 Å². The van der Waals surface area contributed by atoms with Gasteiger partial charge < -0.3 is 25.6 Å². The van der Waals surface area contributed by atoms with Crippen LogP contribution in [0, 0.1) is 74.9 Å². The first kappa shape index (κ1) is 44.9. The Balaban J connectivity index is 1.09. The molecule has 11 nitrogen and oxygen atoms in total. The van der Waals surface area contributed by atoms with Gasteiger partial charge in [0.25, 0.3) is 5.91 Å². The number of hydrogen-bond donors (Lipinski definition) is 4. The Hall–Kier alpha value is -3.18. The Morgan fingerprint density at radius 2 is 1.60 bits per heavy atom. The van der Waals surface area contributed by atoms with Crippen LogP contribution < -0.4 is 10.6 Å². The van der Waals surface area contributed by atoms with Gasteiger partial charge >= 0.3 is 11.9 Å². The average Bonchev–Trinajstić information content (AvgIpc) is 3.45. The van der Waals surface area contributed by atoms with Crippen molar-refractivity contribution in [1.29, 1.82) is 0 Å². The molecule has 11 atom stereocenters. The van der Waals surface area contributed by atoms with E-state index in [1.54, 1.807) is 13.1 Å². The minimum atomic E-state index is -0.839. The van der Waals surface area contributed by atoms with Crippen molar-refractivity contribution in [2.45, 2.75) is 165 Å². The lowest BCUT2D eigenvalue weighted by Crippen LogP contribution is -2.66. The second-order valence-electron chi connectivity index (χ2n) is 23.2. The summed E-state index contributed by atoms with van der Waals surface area (Å²) in [4.78, 5) is 61.1. The Bertz CT molecular complexity index is 1960. The molecule has 60 heavy (non-hydrogen) atoms. The average molecular weight is 831 g/mol. The fourth-order valence-electron chi connectivity index (χ4n) is 14.9. The van der Waals surface area contributed by atoms with Crippen molar-refractivity contribution in [1.82, 2.24) is 20.6 Å². The number of fused-ring (bicyclic) bond motifs is 7. The molecule has 0 saturated heterocycles. The molecule has 1 amide bonds. The number of aliphatic carboxylic acids is 1. The summed E-state index contributed by atoms with van der Waals surface area (Å²) in [5, 5.41) is 28.6. The third-order valence-electron chi connectivity index (χ3n) is 18.5. The van der Waals surface area contributed by atoms with Gasteiger partial charge in [0, 0.05) is 42.1 Å². The summed E-state index contributed by atoms with van der Waals surface area (Å²) in [6.45, 7) is 26.7. The molecule has 5 fully saturated rings. The maximum atomic E-state index is 14.2. The van der Waals surface area contributed by atoms with Crippen LogP contribution in [0.2, 0.25) is 0 Å². The van der Waals surface area contributed by atoms with Crippen molar-refractivity contribution in [2.24, 2.45) is 68.0 Å². The van der Waals surface area contributed by atoms with Gasteiger partial charge in [-0.2, -0.15) is 0 Å². The summed E-state index contributed by atoms with van der Waals surface area (Å²) < 4.78 is 6.42. The molecule has 0 unspecified atom stereocenters. The first-order valence-electron chi connectivity index (χ1n) is 23.0. The van der Waals surface area contributed by atoms with Gasteiger partial charge in [-0.25, -0.2) is 4.98 Å². The van der Waals surface area contributed by atoms with E-state index in [-0.39, 0.29) is 63.0 Å². The van der Waals surface area contributed by atoms with Crippen molar-refractivity contribution in [3.05, 3.63) is 34.9 Å². The fourth-order valence-corrected chi connectivity index (χ4v) is 14.9. The van der Waals surface area contributed by atoms with E-state index in [1.165, 1.54) is 11.8 Å². The molecular weight excluding hydrogens is 757 g/mol. The quantitative estimate of drug-likeness (QED) is 0.161. The number of carbonyl (C=O) groups excluding carboxylic acids is 3. The number of hydrogen-bond acceptors (Lipinski definition) is 9. The van der Waals surface area contributed by atoms with Gasteiger partial charge in [0.15, 0.2) is 5.78 Å². The number of aryl methyl sites for hydroxylation is 1. The third-order valence-corrected chi connectivity index (χ3v) is 18.5. The predicted molar refractivity (Wildman–Crippen MR) is 230 cm³/mol. The number of Topliss-reactive ketones (excluding diaryl/α,β-unsaturated/α-hetero) is 1. The lowest BCUT2D eigenvalue weighted by Gasteiger charge is -2.72. The van der Waals surface area contributed by atoms with Crippen molar-refractivity contribution < 1.29 is 34.1 Å². The van der Waals surface area contributed by atoms with E-state index in [4.69, 9.17) is 4.74 Å². The molecule has 0 radical (unpaired) electrons. The monoisotopic (exact) mass is 831 g/mol. The number of aromatic nitrogens is 2. The molecule has 7 rings (SSSR count). The van der Waals surface area contributed by atoms with Gasteiger partial charge in [-0.1, -0.05) is 67.9 Å². The molecule has 1 aromatic rings. The Labute approximate surface area is 358 Å². The highest BCUT2D eigenvalue weighted by molar-refractivity contribution is 6.01. The van der Waals surface area contributed by atoms with Crippen molar-refractivity contribution in [2.75, 3.05) is 13.1 Å². The molecule has 1 heterocycles. The molecule has 4 N–H and O–H groups in total. The Kier molecular flexibility index (Phi) is 11.2. The maximum Gasteiger partial charge on any atom is 0.309 e. The third kappa shape index (κ3) is 6.80. The van der Waals surface area contributed by atoms with E-state index in [0.717, 1.165) is 56.9 Å². The summed E-state index contributed by atoms with van der Waals surface area (Å²) >= 11 is 0. The Morgan fingerprint density at radius 1 is 0.900 bits per heavy atom. The van der Waals surface area contributed by atoms with Crippen molar-refractivity contribution in [3.63, 3.8) is 0 Å². The van der Waals surface area contributed by atoms with Crippen LogP contribution in [0.4, 0.5) is 0 Å². The second-order valence-corrected chi connectivity index (χ2v) is 23.2. The Morgan fingerprint density at radius 3 is 2.23 bits per heavy atom. The van der Waals surface area contributed by atoms with E-state index in [0.29, 0.717) is 43.5 Å². The van der Waals surface area contributed by atoms with E-state index in [9.17, 15) is 29.4 Å². The number of nitrogens with one attached hydrogen (secondary N) is 2. The van der Waals surface area contributed by atoms with E-state index in [2.05, 4.69) is 69.1 Å². The zero-order valence-electron chi connectivity index (χ0n) is 38.6. The molecule has 332 valence electrons. The number of aliphatic hydroxyl groups is 1. The number of esters is 1. The molecule has 0 aliphatic heterocycles. The molecule has 6 aliphatic rings. The van der Waals surface area contributed by atoms with Gasteiger partial charge in [0.05, 0.1) is 29.8 Å². The van der Waals surface area contributed by atoms with Crippen LogP contribution in [0.15, 0.2) is 23.5 Å². The normalized spacial score (nSPS) is 38.5. The number of ether oxygens (including phenoxy) is 1. The summed E-state index contributed by atoms with van der Waals surface area (Å²) in [6.07, 6.45) is 10.4. The molecule has 6 aliphatic carbocycles. The second kappa shape index (κ2) is 15.0. The number of rotatable bonds is 11. The number of nitrogens with zero attached hydrogens (tertiary/aromatic N) is 2. The molecule has 0 spiro atoms. The van der Waals surface area contributed by atoms with E-state index in [1.807, 2.05) is 27.7 Å². The van der Waals surface area contributed by atoms with Crippen LogP contribution in [-0.2, 0) is 19.1 Å². The smallest absolute Gasteiger partial charge is 0.309 e. The first-order valence-corrected chi connectivity index (χ1v) is 23.0. The van der Waals surface area contributed by atoms with Crippen LogP contribution in [0.5, 0.6) is 0 Å². The lowest BCUT2D eigenvalue weighted by atomic mass is 9.33. The minimum absolute atomic E-state index is 0.0164. The van der Waals surface area contributed by atoms with Gasteiger partial charge in [0.2, 0.25) is 0 Å². The SMILES string of the molecule is Cc1cncc(C(=O)NC(C)(C)CNC[C@H](O)[C@@]23CC[C@]4(C)[C@H](CC[C@@H]5[C@@]6(C)CC[C@H](OC(=O)[C@H]7C[C@@H](C(=O)O)C7(C)C)C(C)(C)[C@@H]6CC[C@]54C)C2=C(C(C)C)C(=O)C3)n1. The van der Waals surface area contributed by atoms with Gasteiger partial charge in [0.1, 0.15) is 11.8 Å². The van der Waals surface area contributed by atoms with Crippen molar-refractivity contribution in [3.8, 4) is 0 Å².